The first-order valence-electron chi connectivity index (χ1n) is 11.8. The minimum Gasteiger partial charge on any atom is -0.508 e. The number of hydrogen-bond donors (Lipinski definition) is 3. The normalized spacial score (nSPS) is 14.0. The van der Waals surface area contributed by atoms with Gasteiger partial charge in [-0.1, -0.05) is 51.5 Å². The zero-order valence-electron chi connectivity index (χ0n) is 21.6. The second kappa shape index (κ2) is 13.0. The number of alkyl carbamates (subject to hydrolysis) is 1. The van der Waals surface area contributed by atoms with E-state index in [4.69, 9.17) is 4.74 Å². The number of carbonyl (C=O) groups is 3. The van der Waals surface area contributed by atoms with Crippen LogP contribution in [0, 0.1) is 5.92 Å². The van der Waals surface area contributed by atoms with Crippen LogP contribution in [-0.2, 0) is 14.3 Å². The van der Waals surface area contributed by atoms with E-state index in [-0.39, 0.29) is 24.3 Å². The van der Waals surface area contributed by atoms with E-state index in [1.807, 2.05) is 13.8 Å². The highest BCUT2D eigenvalue weighted by Crippen LogP contribution is 2.30. The van der Waals surface area contributed by atoms with Gasteiger partial charge in [-0.05, 0) is 46.1 Å². The second-order valence-corrected chi connectivity index (χ2v) is 9.81. The van der Waals surface area contributed by atoms with E-state index < -0.39 is 35.6 Å². The number of nitrogens with zero attached hydrogens (tertiary/aromatic N) is 1. The van der Waals surface area contributed by atoms with Crippen LogP contribution in [0.2, 0.25) is 0 Å². The summed E-state index contributed by atoms with van der Waals surface area (Å²) in [6.45, 7) is 16.5. The maximum atomic E-state index is 13.8. The van der Waals surface area contributed by atoms with E-state index in [0.717, 1.165) is 12.8 Å². The largest absolute Gasteiger partial charge is 0.508 e. The van der Waals surface area contributed by atoms with Crippen molar-refractivity contribution >= 4 is 17.9 Å². The highest BCUT2D eigenvalue weighted by atomic mass is 16.6. The van der Waals surface area contributed by atoms with E-state index in [2.05, 4.69) is 17.2 Å². The van der Waals surface area contributed by atoms with E-state index in [9.17, 15) is 19.5 Å². The second-order valence-electron chi connectivity index (χ2n) is 9.81. The summed E-state index contributed by atoms with van der Waals surface area (Å²) in [5.41, 5.74) is -0.443. The summed E-state index contributed by atoms with van der Waals surface area (Å²) < 4.78 is 5.34. The summed E-state index contributed by atoms with van der Waals surface area (Å²) in [4.78, 5) is 41.0. The Bertz CT molecular complexity index is 847. The van der Waals surface area contributed by atoms with Crippen LogP contribution < -0.4 is 10.6 Å². The fourth-order valence-electron chi connectivity index (χ4n) is 3.58. The summed E-state index contributed by atoms with van der Waals surface area (Å²) >= 11 is 0. The lowest BCUT2D eigenvalue weighted by molar-refractivity contribution is -0.143. The topological polar surface area (TPSA) is 108 Å². The Morgan fingerprint density at radius 3 is 2.26 bits per heavy atom. The van der Waals surface area contributed by atoms with Gasteiger partial charge in [-0.25, -0.2) is 4.79 Å². The number of nitrogens with one attached hydrogen (secondary N) is 2. The lowest BCUT2D eigenvalue weighted by Crippen LogP contribution is -2.55. The van der Waals surface area contributed by atoms with Crippen LogP contribution in [0.1, 0.15) is 72.9 Å². The molecule has 0 spiro atoms. The number of phenolic OH excluding ortho intramolecular Hbond substituents is 1. The number of carbonyl (C=O) groups excluding carboxylic acids is 3. The molecule has 1 rings (SSSR count). The number of amides is 3. The number of phenols is 1. The molecule has 190 valence electrons. The van der Waals surface area contributed by atoms with Gasteiger partial charge in [-0.3, -0.25) is 9.59 Å². The third kappa shape index (κ3) is 8.72. The molecule has 3 unspecified atom stereocenters. The average Bonchev–Trinajstić information content (AvgIpc) is 2.71. The van der Waals surface area contributed by atoms with Crippen LogP contribution in [0.25, 0.3) is 0 Å². The lowest BCUT2D eigenvalue weighted by Gasteiger charge is -2.35. The number of hydrogen-bond acceptors (Lipinski definition) is 5. The van der Waals surface area contributed by atoms with Crippen LogP contribution in [0.3, 0.4) is 0 Å². The van der Waals surface area contributed by atoms with Crippen molar-refractivity contribution in [3.63, 3.8) is 0 Å². The van der Waals surface area contributed by atoms with Crippen LogP contribution in [0.4, 0.5) is 4.79 Å². The van der Waals surface area contributed by atoms with Gasteiger partial charge in [-0.2, -0.15) is 0 Å². The van der Waals surface area contributed by atoms with E-state index in [1.54, 1.807) is 52.8 Å². The maximum absolute atomic E-state index is 13.8. The van der Waals surface area contributed by atoms with E-state index in [1.165, 1.54) is 17.0 Å². The van der Waals surface area contributed by atoms with Crippen LogP contribution in [0.15, 0.2) is 36.9 Å². The summed E-state index contributed by atoms with van der Waals surface area (Å²) in [6.07, 6.45) is 2.44. The Morgan fingerprint density at radius 1 is 1.15 bits per heavy atom. The van der Waals surface area contributed by atoms with Gasteiger partial charge in [0.2, 0.25) is 11.8 Å². The number of ether oxygens (including phenoxy) is 1. The zero-order chi connectivity index (χ0) is 26.1. The first-order chi connectivity index (χ1) is 15.8. The molecular formula is C26H41N3O5. The molecule has 0 aliphatic rings. The Balaban J connectivity index is 3.43. The molecule has 3 N–H and O–H groups in total. The van der Waals surface area contributed by atoms with Gasteiger partial charge in [0, 0.05) is 18.2 Å². The Kier molecular flexibility index (Phi) is 11.1. The predicted octanol–water partition coefficient (Wildman–Crippen LogP) is 4.30. The Hall–Kier alpha value is -3.03. The summed E-state index contributed by atoms with van der Waals surface area (Å²) in [5.74, 6) is -1.29. The van der Waals surface area contributed by atoms with E-state index >= 15 is 0 Å². The number of aromatic hydroxyl groups is 1. The van der Waals surface area contributed by atoms with Crippen molar-refractivity contribution in [1.29, 1.82) is 0 Å². The molecule has 34 heavy (non-hydrogen) atoms. The fraction of sp³-hybridized carbons (Fsp3) is 0.577. The summed E-state index contributed by atoms with van der Waals surface area (Å²) in [5, 5.41) is 16.2. The predicted molar refractivity (Wildman–Crippen MR) is 133 cm³/mol. The molecule has 8 nitrogen and oxygen atoms in total. The Morgan fingerprint density at radius 2 is 1.76 bits per heavy atom. The standard InChI is InChI=1S/C26H41N3O5/c1-9-13-18(5)27-23(31)22(19-14-11-12-15-20(19)30)29(16-10-2)24(32)21(17(3)4)28-25(33)34-26(6,7)8/h10-12,14-15,17-18,21-22,30H,2,9,13,16H2,1,3-8H3,(H,27,31)(H,28,33). The average molecular weight is 476 g/mol. The maximum Gasteiger partial charge on any atom is 0.408 e. The van der Waals surface area contributed by atoms with Gasteiger partial charge in [0.25, 0.3) is 0 Å². The van der Waals surface area contributed by atoms with Gasteiger partial charge in [-0.15, -0.1) is 6.58 Å². The molecule has 3 amide bonds. The molecular weight excluding hydrogens is 434 g/mol. The molecule has 0 saturated carbocycles. The van der Waals surface area contributed by atoms with Crippen LogP contribution >= 0.6 is 0 Å². The zero-order valence-corrected chi connectivity index (χ0v) is 21.6. The first-order valence-corrected chi connectivity index (χ1v) is 11.8. The van der Waals surface area contributed by atoms with Crippen molar-refractivity contribution in [2.45, 2.75) is 85.0 Å². The number of rotatable bonds is 11. The molecule has 8 heteroatoms. The monoisotopic (exact) mass is 475 g/mol. The van der Waals surface area contributed by atoms with Crippen molar-refractivity contribution in [2.24, 2.45) is 5.92 Å². The van der Waals surface area contributed by atoms with Crippen molar-refractivity contribution in [2.75, 3.05) is 6.54 Å². The number of benzene rings is 1. The van der Waals surface area contributed by atoms with Crippen molar-refractivity contribution in [3.8, 4) is 5.75 Å². The van der Waals surface area contributed by atoms with Gasteiger partial charge in [0.1, 0.15) is 23.4 Å². The Labute approximate surface area is 203 Å². The third-order valence-electron chi connectivity index (χ3n) is 5.12. The van der Waals surface area contributed by atoms with Crippen LogP contribution in [0.5, 0.6) is 5.75 Å². The van der Waals surface area contributed by atoms with Gasteiger partial charge >= 0.3 is 6.09 Å². The van der Waals surface area contributed by atoms with Gasteiger partial charge in [0.05, 0.1) is 0 Å². The van der Waals surface area contributed by atoms with Crippen molar-refractivity contribution in [3.05, 3.63) is 42.5 Å². The van der Waals surface area contributed by atoms with Crippen molar-refractivity contribution in [1.82, 2.24) is 15.5 Å². The molecule has 0 saturated heterocycles. The molecule has 0 fully saturated rings. The summed E-state index contributed by atoms with van der Waals surface area (Å²) in [7, 11) is 0. The molecule has 0 aliphatic carbocycles. The van der Waals surface area contributed by atoms with Crippen molar-refractivity contribution < 1.29 is 24.2 Å². The minimum absolute atomic E-state index is 0.0344. The molecule has 0 radical (unpaired) electrons. The van der Waals surface area contributed by atoms with Gasteiger partial charge < -0.3 is 25.4 Å². The molecule has 0 heterocycles. The molecule has 0 aromatic heterocycles. The van der Waals surface area contributed by atoms with E-state index in [0.29, 0.717) is 5.56 Å². The first kappa shape index (κ1) is 29.0. The fourth-order valence-corrected chi connectivity index (χ4v) is 3.58. The molecule has 0 aliphatic heterocycles. The quantitative estimate of drug-likeness (QED) is 0.414. The highest BCUT2D eigenvalue weighted by molar-refractivity contribution is 5.92. The SMILES string of the molecule is C=CCN(C(=O)C(NC(=O)OC(C)(C)C)C(C)C)C(C(=O)NC(C)CCC)c1ccccc1O. The third-order valence-corrected chi connectivity index (χ3v) is 5.12. The molecule has 0 bridgehead atoms. The molecule has 3 atom stereocenters. The smallest absolute Gasteiger partial charge is 0.408 e. The van der Waals surface area contributed by atoms with Gasteiger partial charge in [0.15, 0.2) is 0 Å². The van der Waals surface area contributed by atoms with Crippen LogP contribution in [-0.4, -0.2) is 52.1 Å². The molecule has 1 aromatic rings. The molecule has 1 aromatic carbocycles. The lowest BCUT2D eigenvalue weighted by atomic mass is 9.98. The highest BCUT2D eigenvalue weighted by Gasteiger charge is 2.38. The number of para-hydroxylation sites is 1. The minimum atomic E-state index is -1.12. The summed E-state index contributed by atoms with van der Waals surface area (Å²) in [6, 6.07) is 4.23.